The Morgan fingerprint density at radius 1 is 1.00 bits per heavy atom. The Morgan fingerprint density at radius 2 is 1.61 bits per heavy atom. The molecule has 0 atom stereocenters. The molecule has 0 radical (unpaired) electrons. The van der Waals surface area contributed by atoms with Crippen molar-refractivity contribution in [3.8, 4) is 0 Å². The van der Waals surface area contributed by atoms with Gasteiger partial charge in [-0.3, -0.25) is 9.52 Å². The number of aryl methyl sites for hydroxylation is 2. The maximum atomic E-state index is 12.5. The van der Waals surface area contributed by atoms with Crippen LogP contribution in [0.4, 0.5) is 11.4 Å². The second-order valence-electron chi connectivity index (χ2n) is 8.31. The van der Waals surface area contributed by atoms with Gasteiger partial charge in [0.15, 0.2) is 5.82 Å². The van der Waals surface area contributed by atoms with Crippen LogP contribution in [0.15, 0.2) is 57.9 Å². The van der Waals surface area contributed by atoms with Gasteiger partial charge in [-0.2, -0.15) is 4.98 Å². The van der Waals surface area contributed by atoms with Crippen LogP contribution in [0.1, 0.15) is 44.5 Å². The minimum Gasteiger partial charge on any atom is -0.339 e. The number of benzene rings is 2. The fourth-order valence-corrected chi connectivity index (χ4v) is 3.72. The summed E-state index contributed by atoms with van der Waals surface area (Å²) < 4.78 is 32.6. The smallest absolute Gasteiger partial charge is 0.261 e. The highest BCUT2D eigenvalue weighted by atomic mass is 32.2. The fourth-order valence-electron chi connectivity index (χ4n) is 2.66. The average Bonchev–Trinajstić information content (AvgIpc) is 3.18. The van der Waals surface area contributed by atoms with Crippen LogP contribution < -0.4 is 10.0 Å². The average molecular weight is 443 g/mol. The Bertz CT molecular complexity index is 1150. The van der Waals surface area contributed by atoms with E-state index in [2.05, 4.69) is 20.2 Å². The second-order valence-corrected chi connectivity index (χ2v) is 9.99. The Morgan fingerprint density at radius 3 is 2.19 bits per heavy atom. The summed E-state index contributed by atoms with van der Waals surface area (Å²) in [5, 5.41) is 6.71. The van der Waals surface area contributed by atoms with Gasteiger partial charge in [-0.25, -0.2) is 8.42 Å². The summed E-state index contributed by atoms with van der Waals surface area (Å²) in [5.74, 6) is 0.816. The number of nitrogens with zero attached hydrogens (tertiary/aromatic N) is 2. The molecule has 31 heavy (non-hydrogen) atoms. The van der Waals surface area contributed by atoms with Gasteiger partial charge in [-0.1, -0.05) is 43.6 Å². The molecule has 3 aromatic rings. The van der Waals surface area contributed by atoms with Crippen LogP contribution in [0.5, 0.6) is 0 Å². The monoisotopic (exact) mass is 442 g/mol. The molecule has 0 saturated heterocycles. The summed E-state index contributed by atoms with van der Waals surface area (Å²) in [6, 6.07) is 13.0. The topological polar surface area (TPSA) is 114 Å². The van der Waals surface area contributed by atoms with Crippen molar-refractivity contribution in [1.29, 1.82) is 0 Å². The van der Waals surface area contributed by atoms with Crippen LogP contribution in [-0.4, -0.2) is 24.5 Å². The van der Waals surface area contributed by atoms with E-state index in [1.165, 1.54) is 0 Å². The third kappa shape index (κ3) is 6.14. The Kier molecular flexibility index (Phi) is 6.45. The van der Waals surface area contributed by atoms with Crippen molar-refractivity contribution in [2.24, 2.45) is 0 Å². The number of carbonyl (C=O) groups is 1. The van der Waals surface area contributed by atoms with Crippen molar-refractivity contribution in [2.45, 2.75) is 50.8 Å². The molecule has 0 aliphatic heterocycles. The van der Waals surface area contributed by atoms with E-state index in [1.807, 2.05) is 27.7 Å². The molecule has 0 fully saturated rings. The zero-order chi connectivity index (χ0) is 22.6. The predicted molar refractivity (Wildman–Crippen MR) is 118 cm³/mol. The number of rotatable bonds is 7. The third-order valence-corrected chi connectivity index (χ3v) is 5.85. The first-order valence-electron chi connectivity index (χ1n) is 9.85. The quantitative estimate of drug-likeness (QED) is 0.571. The highest BCUT2D eigenvalue weighted by Gasteiger charge is 2.21. The summed E-state index contributed by atoms with van der Waals surface area (Å²) in [7, 11) is -3.67. The minimum absolute atomic E-state index is 0.186. The maximum absolute atomic E-state index is 12.5. The van der Waals surface area contributed by atoms with Crippen LogP contribution in [0.3, 0.4) is 0 Å². The van der Waals surface area contributed by atoms with Gasteiger partial charge in [0.05, 0.1) is 4.90 Å². The fraction of sp³-hybridized carbons (Fsp3) is 0.318. The molecule has 9 heteroatoms. The molecule has 1 heterocycles. The van der Waals surface area contributed by atoms with E-state index in [0.717, 1.165) is 5.56 Å². The second kappa shape index (κ2) is 8.89. The van der Waals surface area contributed by atoms with E-state index in [-0.39, 0.29) is 22.6 Å². The zero-order valence-corrected chi connectivity index (χ0v) is 18.8. The molecule has 0 unspecified atom stereocenters. The summed E-state index contributed by atoms with van der Waals surface area (Å²) in [4.78, 5) is 16.7. The van der Waals surface area contributed by atoms with Gasteiger partial charge in [0.25, 0.3) is 10.0 Å². The van der Waals surface area contributed by atoms with Gasteiger partial charge in [0, 0.05) is 29.6 Å². The van der Waals surface area contributed by atoms with Gasteiger partial charge >= 0.3 is 0 Å². The SMILES string of the molecule is Cc1ccc(S(=O)(=O)Nc2ccc(NC(=O)CCc3nc(C(C)(C)C)no3)cc2)cc1. The van der Waals surface area contributed by atoms with Crippen molar-refractivity contribution >= 4 is 27.3 Å². The van der Waals surface area contributed by atoms with E-state index >= 15 is 0 Å². The first-order chi connectivity index (χ1) is 14.5. The molecule has 0 saturated carbocycles. The van der Waals surface area contributed by atoms with Crippen LogP contribution in [-0.2, 0) is 26.7 Å². The maximum Gasteiger partial charge on any atom is 0.261 e. The lowest BCUT2D eigenvalue weighted by Crippen LogP contribution is -2.14. The van der Waals surface area contributed by atoms with Crippen molar-refractivity contribution in [3.05, 3.63) is 65.8 Å². The number of amides is 1. The predicted octanol–water partition coefficient (Wildman–Crippen LogP) is 4.05. The highest BCUT2D eigenvalue weighted by Crippen LogP contribution is 2.20. The zero-order valence-electron chi connectivity index (χ0n) is 18.0. The molecule has 1 amide bonds. The van der Waals surface area contributed by atoms with Gasteiger partial charge < -0.3 is 9.84 Å². The Labute approximate surface area is 182 Å². The first kappa shape index (κ1) is 22.5. The first-order valence-corrected chi connectivity index (χ1v) is 11.3. The molecule has 0 bridgehead atoms. The standard InChI is InChI=1S/C22H26N4O4S/c1-15-5-11-18(12-6-15)31(28,29)26-17-9-7-16(8-10-17)23-19(27)13-14-20-24-21(25-30-20)22(2,3)4/h5-12,26H,13-14H2,1-4H3,(H,23,27). The molecule has 2 aromatic carbocycles. The number of hydrogen-bond donors (Lipinski definition) is 2. The molecule has 164 valence electrons. The van der Waals surface area contributed by atoms with Crippen molar-refractivity contribution in [2.75, 3.05) is 10.0 Å². The van der Waals surface area contributed by atoms with E-state index in [1.54, 1.807) is 48.5 Å². The lowest BCUT2D eigenvalue weighted by atomic mass is 9.96. The van der Waals surface area contributed by atoms with E-state index in [9.17, 15) is 13.2 Å². The lowest BCUT2D eigenvalue weighted by molar-refractivity contribution is -0.116. The molecule has 8 nitrogen and oxygen atoms in total. The van der Waals surface area contributed by atoms with Gasteiger partial charge in [0.2, 0.25) is 11.8 Å². The Hall–Kier alpha value is -3.20. The molecular formula is C22H26N4O4S. The lowest BCUT2D eigenvalue weighted by Gasteiger charge is -2.10. The summed E-state index contributed by atoms with van der Waals surface area (Å²) >= 11 is 0. The van der Waals surface area contributed by atoms with Gasteiger partial charge in [-0.15, -0.1) is 0 Å². The van der Waals surface area contributed by atoms with Crippen LogP contribution in [0.25, 0.3) is 0 Å². The van der Waals surface area contributed by atoms with E-state index < -0.39 is 10.0 Å². The number of sulfonamides is 1. The minimum atomic E-state index is -3.67. The van der Waals surface area contributed by atoms with E-state index in [0.29, 0.717) is 29.5 Å². The molecule has 3 rings (SSSR count). The third-order valence-electron chi connectivity index (χ3n) is 4.46. The van der Waals surface area contributed by atoms with Crippen LogP contribution in [0.2, 0.25) is 0 Å². The van der Waals surface area contributed by atoms with E-state index in [4.69, 9.17) is 4.52 Å². The van der Waals surface area contributed by atoms with Gasteiger partial charge in [0.1, 0.15) is 0 Å². The number of carbonyl (C=O) groups excluding carboxylic acids is 1. The van der Waals surface area contributed by atoms with Crippen molar-refractivity contribution < 1.29 is 17.7 Å². The molecule has 0 aliphatic carbocycles. The molecule has 2 N–H and O–H groups in total. The summed E-state index contributed by atoms with van der Waals surface area (Å²) in [6.45, 7) is 7.85. The number of anilines is 2. The number of hydrogen-bond acceptors (Lipinski definition) is 6. The van der Waals surface area contributed by atoms with Crippen molar-refractivity contribution in [1.82, 2.24) is 10.1 Å². The summed E-state index contributed by atoms with van der Waals surface area (Å²) in [5.41, 5.74) is 1.73. The largest absolute Gasteiger partial charge is 0.339 e. The van der Waals surface area contributed by atoms with Crippen LogP contribution >= 0.6 is 0 Å². The molecule has 1 aromatic heterocycles. The van der Waals surface area contributed by atoms with Gasteiger partial charge in [-0.05, 0) is 43.3 Å². The molecule has 0 spiro atoms. The van der Waals surface area contributed by atoms with Crippen LogP contribution in [0, 0.1) is 6.92 Å². The molecule has 0 aliphatic rings. The highest BCUT2D eigenvalue weighted by molar-refractivity contribution is 7.92. The molecular weight excluding hydrogens is 416 g/mol. The number of nitrogens with one attached hydrogen (secondary N) is 2. The van der Waals surface area contributed by atoms with Crippen molar-refractivity contribution in [3.63, 3.8) is 0 Å². The summed E-state index contributed by atoms with van der Waals surface area (Å²) in [6.07, 6.45) is 0.525. The normalized spacial score (nSPS) is 11.9. The Balaban J connectivity index is 1.54. The number of aromatic nitrogens is 2.